The Morgan fingerprint density at radius 2 is 2.00 bits per heavy atom. The van der Waals surface area contributed by atoms with Crippen LogP contribution in [0.3, 0.4) is 0 Å². The second-order valence-corrected chi connectivity index (χ2v) is 3.92. The Balaban J connectivity index is 2.34. The first-order valence-electron chi connectivity index (χ1n) is 5.58. The van der Waals surface area contributed by atoms with Gasteiger partial charge in [0.05, 0.1) is 6.54 Å². The Labute approximate surface area is 105 Å². The van der Waals surface area contributed by atoms with E-state index in [0.717, 1.165) is 5.56 Å². The van der Waals surface area contributed by atoms with Gasteiger partial charge in [0, 0.05) is 12.1 Å². The molecule has 0 aliphatic heterocycles. The van der Waals surface area contributed by atoms with Crippen LogP contribution in [0.5, 0.6) is 0 Å². The topological polar surface area (TPSA) is 118 Å². The number of rotatable bonds is 6. The van der Waals surface area contributed by atoms with Gasteiger partial charge in [0.2, 0.25) is 11.8 Å². The van der Waals surface area contributed by atoms with Crippen molar-refractivity contribution in [2.75, 3.05) is 12.3 Å². The Morgan fingerprint density at radius 1 is 1.33 bits per heavy atom. The smallest absolute Gasteiger partial charge is 0.248 e. The number of hydrogen-bond donors (Lipinski definition) is 4. The van der Waals surface area contributed by atoms with E-state index in [4.69, 9.17) is 16.6 Å². The molecule has 1 atom stereocenters. The number of amides is 2. The van der Waals surface area contributed by atoms with E-state index in [-0.39, 0.29) is 18.9 Å². The van der Waals surface area contributed by atoms with E-state index >= 15 is 0 Å². The van der Waals surface area contributed by atoms with Crippen molar-refractivity contribution in [2.24, 2.45) is 5.73 Å². The number of carbonyl (C=O) groups excluding carboxylic acids is 2. The van der Waals surface area contributed by atoms with Crippen molar-refractivity contribution >= 4 is 17.5 Å². The molecule has 2 amide bonds. The molecule has 0 bridgehead atoms. The fourth-order valence-electron chi connectivity index (χ4n) is 1.41. The number of aliphatic hydroxyl groups excluding tert-OH is 1. The summed E-state index contributed by atoms with van der Waals surface area (Å²) >= 11 is 0. The van der Waals surface area contributed by atoms with Gasteiger partial charge in [-0.3, -0.25) is 9.59 Å². The number of nitrogens with two attached hydrogens (primary N) is 2. The third kappa shape index (κ3) is 4.42. The first kappa shape index (κ1) is 14.0. The van der Waals surface area contributed by atoms with Gasteiger partial charge >= 0.3 is 0 Å². The molecule has 1 rings (SSSR count). The van der Waals surface area contributed by atoms with Crippen molar-refractivity contribution in [2.45, 2.75) is 18.9 Å². The molecule has 6 heteroatoms. The van der Waals surface area contributed by atoms with Gasteiger partial charge in [0.15, 0.2) is 0 Å². The number of para-hydroxylation sites is 1. The zero-order valence-corrected chi connectivity index (χ0v) is 9.93. The predicted molar refractivity (Wildman–Crippen MR) is 67.4 cm³/mol. The second-order valence-electron chi connectivity index (χ2n) is 3.92. The molecule has 1 aromatic carbocycles. The van der Waals surface area contributed by atoms with Crippen LogP contribution in [-0.2, 0) is 16.0 Å². The largest absolute Gasteiger partial charge is 0.399 e. The maximum absolute atomic E-state index is 11.4. The van der Waals surface area contributed by atoms with Crippen molar-refractivity contribution in [1.82, 2.24) is 5.32 Å². The molecule has 6 N–H and O–H groups in total. The van der Waals surface area contributed by atoms with Gasteiger partial charge in [-0.05, 0) is 18.1 Å². The molecular formula is C12H17N3O3. The van der Waals surface area contributed by atoms with Gasteiger partial charge in [0.1, 0.15) is 6.10 Å². The van der Waals surface area contributed by atoms with Crippen LogP contribution in [0, 0.1) is 0 Å². The van der Waals surface area contributed by atoms with Crippen LogP contribution >= 0.6 is 0 Å². The third-order valence-corrected chi connectivity index (χ3v) is 2.50. The van der Waals surface area contributed by atoms with Gasteiger partial charge in [-0.25, -0.2) is 0 Å². The summed E-state index contributed by atoms with van der Waals surface area (Å²) < 4.78 is 0. The molecule has 0 aromatic heterocycles. The molecular weight excluding hydrogens is 234 g/mol. The number of hydrogen-bond acceptors (Lipinski definition) is 4. The van der Waals surface area contributed by atoms with E-state index in [2.05, 4.69) is 5.32 Å². The van der Waals surface area contributed by atoms with Crippen molar-refractivity contribution in [3.63, 3.8) is 0 Å². The molecule has 0 aliphatic rings. The zero-order chi connectivity index (χ0) is 13.5. The summed E-state index contributed by atoms with van der Waals surface area (Å²) in [5.74, 6) is -1.12. The number of nitrogen functional groups attached to an aromatic ring is 1. The lowest BCUT2D eigenvalue weighted by Crippen LogP contribution is -2.40. The minimum atomic E-state index is -1.35. The molecule has 0 fully saturated rings. The zero-order valence-electron chi connectivity index (χ0n) is 9.93. The maximum atomic E-state index is 11.4. The SMILES string of the molecule is NC(=O)C(O)CNC(=O)CCc1ccccc1N. The van der Waals surface area contributed by atoms with Crippen LogP contribution in [-0.4, -0.2) is 29.6 Å². The first-order valence-corrected chi connectivity index (χ1v) is 5.58. The van der Waals surface area contributed by atoms with Crippen LogP contribution in [0.15, 0.2) is 24.3 Å². The summed E-state index contributed by atoms with van der Waals surface area (Å²) in [6.07, 6.45) is -0.610. The summed E-state index contributed by atoms with van der Waals surface area (Å²) in [7, 11) is 0. The highest BCUT2D eigenvalue weighted by Crippen LogP contribution is 2.12. The number of aryl methyl sites for hydroxylation is 1. The highest BCUT2D eigenvalue weighted by atomic mass is 16.3. The Kier molecular flexibility index (Phi) is 5.13. The number of carbonyl (C=O) groups is 2. The Hall–Kier alpha value is -2.08. The maximum Gasteiger partial charge on any atom is 0.248 e. The average Bonchev–Trinajstić information content (AvgIpc) is 2.34. The van der Waals surface area contributed by atoms with Crippen LogP contribution in [0.25, 0.3) is 0 Å². The van der Waals surface area contributed by atoms with E-state index in [0.29, 0.717) is 12.1 Å². The molecule has 0 spiro atoms. The van der Waals surface area contributed by atoms with E-state index in [1.165, 1.54) is 0 Å². The van der Waals surface area contributed by atoms with Crippen LogP contribution < -0.4 is 16.8 Å². The lowest BCUT2D eigenvalue weighted by molar-refractivity contribution is -0.127. The van der Waals surface area contributed by atoms with Crippen molar-refractivity contribution < 1.29 is 14.7 Å². The quantitative estimate of drug-likeness (QED) is 0.493. The Bertz CT molecular complexity index is 434. The lowest BCUT2D eigenvalue weighted by atomic mass is 10.1. The van der Waals surface area contributed by atoms with Crippen molar-refractivity contribution in [1.29, 1.82) is 0 Å². The highest BCUT2D eigenvalue weighted by Gasteiger charge is 2.12. The molecule has 6 nitrogen and oxygen atoms in total. The number of benzene rings is 1. The number of nitrogens with one attached hydrogen (secondary N) is 1. The Morgan fingerprint density at radius 3 is 2.61 bits per heavy atom. The average molecular weight is 251 g/mol. The van der Waals surface area contributed by atoms with Crippen LogP contribution in [0.1, 0.15) is 12.0 Å². The van der Waals surface area contributed by atoms with Gasteiger partial charge in [-0.2, -0.15) is 0 Å². The number of aliphatic hydroxyl groups is 1. The normalized spacial score (nSPS) is 11.8. The van der Waals surface area contributed by atoms with E-state index in [1.807, 2.05) is 18.2 Å². The van der Waals surface area contributed by atoms with Crippen molar-refractivity contribution in [3.8, 4) is 0 Å². The minimum Gasteiger partial charge on any atom is -0.399 e. The third-order valence-electron chi connectivity index (χ3n) is 2.50. The van der Waals surface area contributed by atoms with Crippen LogP contribution in [0.2, 0.25) is 0 Å². The summed E-state index contributed by atoms with van der Waals surface area (Å²) in [6, 6.07) is 7.29. The fraction of sp³-hybridized carbons (Fsp3) is 0.333. The summed E-state index contributed by atoms with van der Waals surface area (Å²) in [5, 5.41) is 11.5. The molecule has 0 heterocycles. The molecule has 0 aliphatic carbocycles. The molecule has 1 aromatic rings. The molecule has 1 unspecified atom stereocenters. The van der Waals surface area contributed by atoms with Crippen molar-refractivity contribution in [3.05, 3.63) is 29.8 Å². The molecule has 18 heavy (non-hydrogen) atoms. The van der Waals surface area contributed by atoms with Crippen LogP contribution in [0.4, 0.5) is 5.69 Å². The lowest BCUT2D eigenvalue weighted by Gasteiger charge is -2.09. The number of primary amides is 1. The number of anilines is 1. The summed E-state index contributed by atoms with van der Waals surface area (Å²) in [4.78, 5) is 22.0. The summed E-state index contributed by atoms with van der Waals surface area (Å²) in [5.41, 5.74) is 12.1. The fourth-order valence-corrected chi connectivity index (χ4v) is 1.41. The van der Waals surface area contributed by atoms with E-state index < -0.39 is 12.0 Å². The second kappa shape index (κ2) is 6.61. The highest BCUT2D eigenvalue weighted by molar-refractivity contribution is 5.81. The van der Waals surface area contributed by atoms with Gasteiger partial charge in [-0.15, -0.1) is 0 Å². The first-order chi connectivity index (χ1) is 8.50. The monoisotopic (exact) mass is 251 g/mol. The van der Waals surface area contributed by atoms with Gasteiger partial charge in [-0.1, -0.05) is 18.2 Å². The summed E-state index contributed by atoms with van der Waals surface area (Å²) in [6.45, 7) is -0.168. The molecule has 98 valence electrons. The molecule has 0 saturated heterocycles. The van der Waals surface area contributed by atoms with E-state index in [9.17, 15) is 9.59 Å². The predicted octanol–water partition coefficient (Wildman–Crippen LogP) is -0.836. The standard InChI is InChI=1S/C12H17N3O3/c13-9-4-2-1-3-8(9)5-6-11(17)15-7-10(16)12(14)18/h1-4,10,16H,5-7,13H2,(H2,14,18)(H,15,17). The van der Waals surface area contributed by atoms with Gasteiger partial charge < -0.3 is 21.9 Å². The molecule has 0 saturated carbocycles. The minimum absolute atomic E-state index is 0.168. The molecule has 0 radical (unpaired) electrons. The van der Waals surface area contributed by atoms with Gasteiger partial charge in [0.25, 0.3) is 0 Å². The van der Waals surface area contributed by atoms with E-state index in [1.54, 1.807) is 6.07 Å².